The number of hydrogen-bond donors (Lipinski definition) is 1. The molecule has 0 amide bonds. The van der Waals surface area contributed by atoms with Crippen molar-refractivity contribution in [3.63, 3.8) is 0 Å². The van der Waals surface area contributed by atoms with E-state index in [1.54, 1.807) is 0 Å². The lowest BCUT2D eigenvalue weighted by atomic mass is 9.76. The third kappa shape index (κ3) is 4.12. The van der Waals surface area contributed by atoms with E-state index < -0.39 is 5.60 Å². The predicted molar refractivity (Wildman–Crippen MR) is 103 cm³/mol. The zero-order chi connectivity index (χ0) is 17.7. The van der Waals surface area contributed by atoms with Crippen LogP contribution in [0.1, 0.15) is 31.9 Å². The van der Waals surface area contributed by atoms with Crippen molar-refractivity contribution in [1.29, 1.82) is 0 Å². The second-order valence-electron chi connectivity index (χ2n) is 6.17. The fourth-order valence-electron chi connectivity index (χ4n) is 3.14. The summed E-state index contributed by atoms with van der Waals surface area (Å²) in [6.07, 6.45) is 0. The number of aliphatic hydroxyl groups is 1. The van der Waals surface area contributed by atoms with Gasteiger partial charge in [0.1, 0.15) is 5.60 Å². The highest BCUT2D eigenvalue weighted by molar-refractivity contribution is 6.30. The minimum atomic E-state index is -1.10. The van der Waals surface area contributed by atoms with E-state index in [1.165, 1.54) is 0 Å². The Morgan fingerprint density at radius 2 is 1.25 bits per heavy atom. The van der Waals surface area contributed by atoms with Crippen LogP contribution in [0, 0.1) is 5.92 Å². The van der Waals surface area contributed by atoms with Crippen molar-refractivity contribution < 1.29 is 5.11 Å². The summed E-state index contributed by atoms with van der Waals surface area (Å²) in [5.74, 6) is -0.000231. The van der Waals surface area contributed by atoms with E-state index in [-0.39, 0.29) is 5.92 Å². The summed E-state index contributed by atoms with van der Waals surface area (Å²) >= 11 is 12.1. The van der Waals surface area contributed by atoms with Gasteiger partial charge in [-0.05, 0) is 48.5 Å². The first-order chi connectivity index (χ1) is 11.4. The molecule has 1 N–H and O–H groups in total. The van der Waals surface area contributed by atoms with Crippen LogP contribution in [0.5, 0.6) is 0 Å². The monoisotopic (exact) mass is 365 g/mol. The number of nitrogens with zero attached hydrogens (tertiary/aromatic N) is 1. The molecule has 130 valence electrons. The van der Waals surface area contributed by atoms with Crippen LogP contribution in [-0.4, -0.2) is 29.6 Å². The standard InChI is InChI=1S/C20H25Cl2NO/c1-4-23(5-2)14-15(3)20(24,16-6-10-18(21)11-7-16)17-8-12-19(22)13-9-17/h6-13,15,24H,4-5,14H2,1-3H3. The lowest BCUT2D eigenvalue weighted by Crippen LogP contribution is -2.42. The maximum atomic E-state index is 11.7. The highest BCUT2D eigenvalue weighted by atomic mass is 35.5. The molecule has 4 heteroatoms. The Balaban J connectivity index is 2.47. The van der Waals surface area contributed by atoms with Crippen LogP contribution < -0.4 is 0 Å². The number of halogens is 2. The highest BCUT2D eigenvalue weighted by Gasteiger charge is 2.38. The molecule has 0 heterocycles. The summed E-state index contributed by atoms with van der Waals surface area (Å²) in [4.78, 5) is 2.32. The fraction of sp³-hybridized carbons (Fsp3) is 0.400. The fourth-order valence-corrected chi connectivity index (χ4v) is 3.40. The molecule has 0 aromatic heterocycles. The predicted octanol–water partition coefficient (Wildman–Crippen LogP) is 5.21. The van der Waals surface area contributed by atoms with Gasteiger partial charge in [-0.2, -0.15) is 0 Å². The van der Waals surface area contributed by atoms with Crippen molar-refractivity contribution in [1.82, 2.24) is 4.90 Å². The van der Waals surface area contributed by atoms with E-state index >= 15 is 0 Å². The van der Waals surface area contributed by atoms with Crippen molar-refractivity contribution in [3.05, 3.63) is 69.7 Å². The summed E-state index contributed by atoms with van der Waals surface area (Å²) in [6.45, 7) is 9.08. The van der Waals surface area contributed by atoms with Gasteiger partial charge in [0.15, 0.2) is 0 Å². The molecule has 0 aliphatic rings. The van der Waals surface area contributed by atoms with E-state index in [4.69, 9.17) is 23.2 Å². The highest BCUT2D eigenvalue weighted by Crippen LogP contribution is 2.38. The van der Waals surface area contributed by atoms with E-state index in [2.05, 4.69) is 25.7 Å². The van der Waals surface area contributed by atoms with Gasteiger partial charge < -0.3 is 10.0 Å². The molecule has 2 aromatic rings. The molecule has 2 nitrogen and oxygen atoms in total. The minimum Gasteiger partial charge on any atom is -0.380 e. The van der Waals surface area contributed by atoms with Gasteiger partial charge in [0, 0.05) is 22.5 Å². The quantitative estimate of drug-likeness (QED) is 0.727. The van der Waals surface area contributed by atoms with Gasteiger partial charge in [-0.3, -0.25) is 0 Å². The van der Waals surface area contributed by atoms with Crippen molar-refractivity contribution >= 4 is 23.2 Å². The molecule has 0 aliphatic carbocycles. The van der Waals surface area contributed by atoms with E-state index in [1.807, 2.05) is 48.5 Å². The Hall–Kier alpha value is -1.06. The van der Waals surface area contributed by atoms with Gasteiger partial charge in [0.05, 0.1) is 0 Å². The van der Waals surface area contributed by atoms with Gasteiger partial charge >= 0.3 is 0 Å². The third-order valence-corrected chi connectivity index (χ3v) is 5.21. The molecule has 2 rings (SSSR count). The molecule has 0 saturated carbocycles. The van der Waals surface area contributed by atoms with Crippen molar-refractivity contribution in [3.8, 4) is 0 Å². The van der Waals surface area contributed by atoms with Crippen LogP contribution in [-0.2, 0) is 5.60 Å². The van der Waals surface area contributed by atoms with Crippen LogP contribution in [0.15, 0.2) is 48.5 Å². The van der Waals surface area contributed by atoms with E-state index in [0.717, 1.165) is 30.8 Å². The van der Waals surface area contributed by atoms with E-state index in [9.17, 15) is 5.11 Å². The molecule has 0 spiro atoms. The Bertz CT molecular complexity index is 590. The molecule has 0 radical (unpaired) electrons. The molecule has 2 aromatic carbocycles. The average Bonchev–Trinajstić information content (AvgIpc) is 2.60. The molecule has 24 heavy (non-hydrogen) atoms. The summed E-state index contributed by atoms with van der Waals surface area (Å²) in [5, 5.41) is 13.1. The largest absolute Gasteiger partial charge is 0.380 e. The topological polar surface area (TPSA) is 23.5 Å². The Kier molecular flexibility index (Phi) is 6.70. The van der Waals surface area contributed by atoms with Crippen LogP contribution in [0.4, 0.5) is 0 Å². The lowest BCUT2D eigenvalue weighted by Gasteiger charge is -2.38. The normalized spacial score (nSPS) is 13.3. The molecular formula is C20H25Cl2NO. The Morgan fingerprint density at radius 1 is 0.875 bits per heavy atom. The second kappa shape index (κ2) is 8.35. The lowest BCUT2D eigenvalue weighted by molar-refractivity contribution is 0.00871. The zero-order valence-electron chi connectivity index (χ0n) is 14.5. The maximum absolute atomic E-state index is 11.7. The average molecular weight is 366 g/mol. The molecule has 1 atom stereocenters. The molecule has 0 bridgehead atoms. The smallest absolute Gasteiger partial charge is 0.118 e. The minimum absolute atomic E-state index is 0.000231. The molecule has 0 fully saturated rings. The van der Waals surface area contributed by atoms with Crippen LogP contribution in [0.3, 0.4) is 0 Å². The molecule has 1 unspecified atom stereocenters. The third-order valence-electron chi connectivity index (χ3n) is 4.71. The van der Waals surface area contributed by atoms with Crippen molar-refractivity contribution in [2.24, 2.45) is 5.92 Å². The number of rotatable bonds is 7. The first-order valence-electron chi connectivity index (χ1n) is 8.38. The SMILES string of the molecule is CCN(CC)CC(C)C(O)(c1ccc(Cl)cc1)c1ccc(Cl)cc1. The zero-order valence-corrected chi connectivity index (χ0v) is 16.0. The first-order valence-corrected chi connectivity index (χ1v) is 9.14. The van der Waals surface area contributed by atoms with Gasteiger partial charge in [-0.1, -0.05) is 68.2 Å². The molecule has 0 saturated heterocycles. The van der Waals surface area contributed by atoms with Gasteiger partial charge in [-0.15, -0.1) is 0 Å². The van der Waals surface area contributed by atoms with Gasteiger partial charge in [-0.25, -0.2) is 0 Å². The number of benzene rings is 2. The summed E-state index contributed by atoms with van der Waals surface area (Å²) in [6, 6.07) is 14.9. The van der Waals surface area contributed by atoms with Gasteiger partial charge in [0.2, 0.25) is 0 Å². The van der Waals surface area contributed by atoms with Crippen LogP contribution >= 0.6 is 23.2 Å². The maximum Gasteiger partial charge on any atom is 0.118 e. The first kappa shape index (κ1) is 19.3. The van der Waals surface area contributed by atoms with Gasteiger partial charge in [0.25, 0.3) is 0 Å². The Morgan fingerprint density at radius 3 is 1.58 bits per heavy atom. The summed E-state index contributed by atoms with van der Waals surface area (Å²) in [7, 11) is 0. The number of hydrogen-bond acceptors (Lipinski definition) is 2. The summed E-state index contributed by atoms with van der Waals surface area (Å²) < 4.78 is 0. The molecular weight excluding hydrogens is 341 g/mol. The van der Waals surface area contributed by atoms with Crippen LogP contribution in [0.2, 0.25) is 10.0 Å². The second-order valence-corrected chi connectivity index (χ2v) is 7.04. The van der Waals surface area contributed by atoms with Crippen molar-refractivity contribution in [2.75, 3.05) is 19.6 Å². The Labute approximate surface area is 155 Å². The van der Waals surface area contributed by atoms with E-state index in [0.29, 0.717) is 10.0 Å². The van der Waals surface area contributed by atoms with Crippen molar-refractivity contribution in [2.45, 2.75) is 26.4 Å². The van der Waals surface area contributed by atoms with Crippen LogP contribution in [0.25, 0.3) is 0 Å². The summed E-state index contributed by atoms with van der Waals surface area (Å²) in [5.41, 5.74) is 0.584. The molecule has 0 aliphatic heterocycles.